The third-order valence-electron chi connectivity index (χ3n) is 2.28. The van der Waals surface area contributed by atoms with Crippen LogP contribution in [0.25, 0.3) is 0 Å². The number of nitrogen functional groups attached to an aromatic ring is 1. The average Bonchev–Trinajstić information content (AvgIpc) is 2.16. The number of rotatable bonds is 5. The summed E-state index contributed by atoms with van der Waals surface area (Å²) in [6, 6.07) is 3.70. The van der Waals surface area contributed by atoms with Crippen molar-refractivity contribution in [3.8, 4) is 0 Å². The van der Waals surface area contributed by atoms with E-state index in [0.29, 0.717) is 17.3 Å². The second-order valence-corrected chi connectivity index (χ2v) is 4.33. The van der Waals surface area contributed by atoms with Crippen molar-refractivity contribution in [3.05, 3.63) is 17.3 Å². The van der Waals surface area contributed by atoms with Gasteiger partial charge in [-0.3, -0.25) is 0 Å². The van der Waals surface area contributed by atoms with E-state index in [-0.39, 0.29) is 12.6 Å². The second kappa shape index (κ2) is 5.92. The quantitative estimate of drug-likeness (QED) is 0.776. The number of halogens is 1. The van der Waals surface area contributed by atoms with Gasteiger partial charge in [-0.25, -0.2) is 4.98 Å². The van der Waals surface area contributed by atoms with Crippen molar-refractivity contribution < 1.29 is 5.11 Å². The van der Waals surface area contributed by atoms with Crippen LogP contribution in [-0.4, -0.2) is 29.3 Å². The lowest BCUT2D eigenvalue weighted by Gasteiger charge is -2.27. The van der Waals surface area contributed by atoms with Gasteiger partial charge in [0, 0.05) is 30.9 Å². The van der Waals surface area contributed by atoms with Crippen LogP contribution in [0.15, 0.2) is 12.1 Å². The summed E-state index contributed by atoms with van der Waals surface area (Å²) in [6.45, 7) is 5.03. The Bertz CT molecular complexity index is 324. The first kappa shape index (κ1) is 13.1. The molecule has 0 saturated heterocycles. The maximum Gasteiger partial charge on any atom is 0.133 e. The molecule has 1 aromatic heterocycles. The van der Waals surface area contributed by atoms with Crippen LogP contribution in [0.2, 0.25) is 5.15 Å². The molecule has 1 heterocycles. The molecular formula is C11H18ClN3O. The van der Waals surface area contributed by atoms with E-state index < -0.39 is 0 Å². The third kappa shape index (κ3) is 3.54. The summed E-state index contributed by atoms with van der Waals surface area (Å²) in [6.07, 6.45) is 0.701. The number of nitrogens with zero attached hydrogens (tertiary/aromatic N) is 2. The van der Waals surface area contributed by atoms with Gasteiger partial charge in [-0.2, -0.15) is 0 Å². The zero-order chi connectivity index (χ0) is 12.1. The molecule has 16 heavy (non-hydrogen) atoms. The molecular weight excluding hydrogens is 226 g/mol. The van der Waals surface area contributed by atoms with Crippen LogP contribution in [0.3, 0.4) is 0 Å². The molecule has 3 N–H and O–H groups in total. The molecule has 0 fully saturated rings. The van der Waals surface area contributed by atoms with E-state index in [1.54, 1.807) is 12.1 Å². The molecule has 0 amide bonds. The molecule has 0 radical (unpaired) electrons. The number of nitrogens with two attached hydrogens (primary N) is 1. The highest BCUT2D eigenvalue weighted by Gasteiger charge is 2.12. The van der Waals surface area contributed by atoms with Crippen molar-refractivity contribution in [2.75, 3.05) is 23.8 Å². The fourth-order valence-electron chi connectivity index (χ4n) is 1.53. The first-order valence-corrected chi connectivity index (χ1v) is 5.73. The summed E-state index contributed by atoms with van der Waals surface area (Å²) in [5.41, 5.74) is 6.33. The molecule has 5 heteroatoms. The molecule has 0 aromatic carbocycles. The van der Waals surface area contributed by atoms with Gasteiger partial charge in [-0.1, -0.05) is 11.6 Å². The molecule has 1 rings (SSSR count). The summed E-state index contributed by atoms with van der Waals surface area (Å²) in [5.74, 6) is 0.758. The Morgan fingerprint density at radius 1 is 1.50 bits per heavy atom. The van der Waals surface area contributed by atoms with Gasteiger partial charge < -0.3 is 15.7 Å². The Morgan fingerprint density at radius 3 is 2.69 bits per heavy atom. The fraction of sp³-hybridized carbons (Fsp3) is 0.545. The minimum atomic E-state index is 0.166. The van der Waals surface area contributed by atoms with E-state index in [0.717, 1.165) is 12.4 Å². The number of hydrogen-bond donors (Lipinski definition) is 2. The largest absolute Gasteiger partial charge is 0.399 e. The van der Waals surface area contributed by atoms with Gasteiger partial charge in [0.15, 0.2) is 0 Å². The second-order valence-electron chi connectivity index (χ2n) is 3.95. The van der Waals surface area contributed by atoms with Crippen LogP contribution in [-0.2, 0) is 0 Å². The van der Waals surface area contributed by atoms with Crippen molar-refractivity contribution in [2.45, 2.75) is 26.3 Å². The molecule has 0 aliphatic carbocycles. The summed E-state index contributed by atoms with van der Waals surface area (Å²) >= 11 is 5.87. The Kier molecular flexibility index (Phi) is 4.83. The van der Waals surface area contributed by atoms with Crippen molar-refractivity contribution in [3.63, 3.8) is 0 Å². The number of pyridine rings is 1. The van der Waals surface area contributed by atoms with Crippen LogP contribution < -0.4 is 10.6 Å². The van der Waals surface area contributed by atoms with Crippen LogP contribution in [0, 0.1) is 0 Å². The smallest absolute Gasteiger partial charge is 0.133 e. The maximum atomic E-state index is 8.86. The van der Waals surface area contributed by atoms with Crippen LogP contribution in [0.4, 0.5) is 11.5 Å². The lowest BCUT2D eigenvalue weighted by Crippen LogP contribution is -2.33. The van der Waals surface area contributed by atoms with Gasteiger partial charge in [-0.05, 0) is 26.3 Å². The first-order chi connectivity index (χ1) is 7.54. The van der Waals surface area contributed by atoms with Crippen LogP contribution in [0.1, 0.15) is 20.3 Å². The van der Waals surface area contributed by atoms with Gasteiger partial charge in [0.2, 0.25) is 0 Å². The van der Waals surface area contributed by atoms with Crippen molar-refractivity contribution >= 4 is 23.1 Å². The molecule has 0 bridgehead atoms. The van der Waals surface area contributed by atoms with E-state index in [2.05, 4.69) is 23.7 Å². The van der Waals surface area contributed by atoms with Gasteiger partial charge in [0.1, 0.15) is 11.0 Å². The Labute approximate surface area is 101 Å². The van der Waals surface area contributed by atoms with Gasteiger partial charge in [-0.15, -0.1) is 0 Å². The molecule has 0 aliphatic rings. The van der Waals surface area contributed by atoms with Crippen LogP contribution >= 0.6 is 11.6 Å². The van der Waals surface area contributed by atoms with Gasteiger partial charge in [0.05, 0.1) is 0 Å². The molecule has 90 valence electrons. The predicted molar refractivity (Wildman–Crippen MR) is 67.8 cm³/mol. The van der Waals surface area contributed by atoms with Crippen molar-refractivity contribution in [1.29, 1.82) is 0 Å². The van der Waals surface area contributed by atoms with E-state index >= 15 is 0 Å². The molecule has 0 saturated carbocycles. The standard InChI is InChI=1S/C11H18ClN3O/c1-8(2)15(4-3-5-16)11-7-9(13)6-10(12)14-11/h6-8,16H,3-5H2,1-2H3,(H2,13,14). The minimum absolute atomic E-state index is 0.166. The summed E-state index contributed by atoms with van der Waals surface area (Å²) in [5, 5.41) is 9.25. The minimum Gasteiger partial charge on any atom is -0.399 e. The fourth-order valence-corrected chi connectivity index (χ4v) is 1.74. The zero-order valence-corrected chi connectivity index (χ0v) is 10.4. The summed E-state index contributed by atoms with van der Waals surface area (Å²) < 4.78 is 0. The SMILES string of the molecule is CC(C)N(CCCO)c1cc(N)cc(Cl)n1. The number of aliphatic hydroxyl groups excluding tert-OH is 1. The lowest BCUT2D eigenvalue weighted by atomic mass is 10.2. The highest BCUT2D eigenvalue weighted by Crippen LogP contribution is 2.21. The summed E-state index contributed by atoms with van der Waals surface area (Å²) in [7, 11) is 0. The number of hydrogen-bond acceptors (Lipinski definition) is 4. The van der Waals surface area contributed by atoms with Crippen LogP contribution in [0.5, 0.6) is 0 Å². The average molecular weight is 244 g/mol. The lowest BCUT2D eigenvalue weighted by molar-refractivity contribution is 0.288. The van der Waals surface area contributed by atoms with Crippen molar-refractivity contribution in [2.24, 2.45) is 0 Å². The topological polar surface area (TPSA) is 62.4 Å². The first-order valence-electron chi connectivity index (χ1n) is 5.35. The third-order valence-corrected chi connectivity index (χ3v) is 2.47. The Balaban J connectivity index is 2.91. The monoisotopic (exact) mass is 243 g/mol. The highest BCUT2D eigenvalue weighted by molar-refractivity contribution is 6.29. The number of aromatic nitrogens is 1. The molecule has 0 spiro atoms. The molecule has 0 aliphatic heterocycles. The van der Waals surface area contributed by atoms with E-state index in [9.17, 15) is 0 Å². The summed E-state index contributed by atoms with van der Waals surface area (Å²) in [4.78, 5) is 6.31. The van der Waals surface area contributed by atoms with E-state index in [4.69, 9.17) is 22.4 Å². The van der Waals surface area contributed by atoms with Crippen molar-refractivity contribution in [1.82, 2.24) is 4.98 Å². The Hall–Kier alpha value is -1.00. The highest BCUT2D eigenvalue weighted by atomic mass is 35.5. The normalized spacial score (nSPS) is 10.8. The van der Waals surface area contributed by atoms with Gasteiger partial charge in [0.25, 0.3) is 0 Å². The molecule has 0 unspecified atom stereocenters. The van der Waals surface area contributed by atoms with Gasteiger partial charge >= 0.3 is 0 Å². The molecule has 0 atom stereocenters. The maximum absolute atomic E-state index is 8.86. The number of aliphatic hydroxyl groups is 1. The van der Waals surface area contributed by atoms with E-state index in [1.165, 1.54) is 0 Å². The number of anilines is 2. The Morgan fingerprint density at radius 2 is 2.19 bits per heavy atom. The molecule has 4 nitrogen and oxygen atoms in total. The zero-order valence-electron chi connectivity index (χ0n) is 9.65. The molecule has 1 aromatic rings. The predicted octanol–water partition coefficient (Wildman–Crippen LogP) is 1.91. The van der Waals surface area contributed by atoms with E-state index in [1.807, 2.05) is 0 Å².